The zero-order chi connectivity index (χ0) is 26.4. The molecule has 1 unspecified atom stereocenters. The van der Waals surface area contributed by atoms with Crippen molar-refractivity contribution >= 4 is 16.9 Å². The quantitative estimate of drug-likeness (QED) is 0.229. The third kappa shape index (κ3) is 6.51. The van der Waals surface area contributed by atoms with Crippen LogP contribution in [-0.2, 0) is 27.1 Å². The molecule has 0 saturated carbocycles. The molecule has 0 spiro atoms. The van der Waals surface area contributed by atoms with E-state index < -0.39 is 36.7 Å². The molecule has 2 aromatic carbocycles. The van der Waals surface area contributed by atoms with Gasteiger partial charge in [-0.15, -0.1) is 0 Å². The second-order valence-electron chi connectivity index (χ2n) is 9.61. The Kier molecular flexibility index (Phi) is 9.21. The molecule has 3 aromatic rings. The Labute approximate surface area is 217 Å². The Morgan fingerprint density at radius 1 is 0.973 bits per heavy atom. The summed E-state index contributed by atoms with van der Waals surface area (Å²) in [6.45, 7) is 3.92. The summed E-state index contributed by atoms with van der Waals surface area (Å²) in [6.07, 6.45) is -0.244. The molecule has 4 N–H and O–H groups in total. The zero-order valence-corrected chi connectivity index (χ0v) is 21.4. The first-order valence-corrected chi connectivity index (χ1v) is 13.1. The smallest absolute Gasteiger partial charge is 0.305 e. The highest BCUT2D eigenvalue weighted by Gasteiger charge is 2.45. The van der Waals surface area contributed by atoms with Crippen LogP contribution in [0.4, 0.5) is 0 Å². The number of aryl methyl sites for hydroxylation is 1. The van der Waals surface area contributed by atoms with Gasteiger partial charge in [0.2, 0.25) is 6.29 Å². The predicted molar refractivity (Wildman–Crippen MR) is 139 cm³/mol. The number of esters is 1. The van der Waals surface area contributed by atoms with Crippen LogP contribution in [0.25, 0.3) is 10.9 Å². The molecule has 0 bridgehead atoms. The van der Waals surface area contributed by atoms with Crippen molar-refractivity contribution in [2.75, 3.05) is 6.61 Å². The standard InChI is InChI=1S/C29H37NO7/c1-3-5-6-10-24(31)35-17-23-26(32)27(33)28(34)29(37-23)36-22-9-7-8-21-25(22)20(16-30-21)15-19-13-11-18(4-2)12-14-19/h7-9,11-14,16,23,26-30,32-34H,3-6,10,15,17H2,1-2H3/t23?,26-,27+,28-,29-/m1/s1. The molecule has 37 heavy (non-hydrogen) atoms. The van der Waals surface area contributed by atoms with Gasteiger partial charge < -0.3 is 34.5 Å². The highest BCUT2D eigenvalue weighted by Crippen LogP contribution is 2.33. The van der Waals surface area contributed by atoms with Gasteiger partial charge in [-0.25, -0.2) is 0 Å². The monoisotopic (exact) mass is 511 g/mol. The summed E-state index contributed by atoms with van der Waals surface area (Å²) in [5.74, 6) is 0.0814. The molecular formula is C29H37NO7. The summed E-state index contributed by atoms with van der Waals surface area (Å²) in [5.41, 5.74) is 4.30. The molecule has 1 saturated heterocycles. The number of unbranched alkanes of at least 4 members (excludes halogenated alkanes) is 2. The molecule has 8 nitrogen and oxygen atoms in total. The van der Waals surface area contributed by atoms with Crippen molar-refractivity contribution in [2.45, 2.75) is 83.1 Å². The molecule has 200 valence electrons. The summed E-state index contributed by atoms with van der Waals surface area (Å²) in [6, 6.07) is 14.0. The summed E-state index contributed by atoms with van der Waals surface area (Å²) in [5, 5.41) is 32.3. The van der Waals surface area contributed by atoms with Gasteiger partial charge >= 0.3 is 5.97 Å². The minimum Gasteiger partial charge on any atom is -0.463 e. The minimum absolute atomic E-state index is 0.247. The fourth-order valence-corrected chi connectivity index (χ4v) is 4.61. The maximum Gasteiger partial charge on any atom is 0.305 e. The Balaban J connectivity index is 1.49. The molecule has 0 aliphatic carbocycles. The number of hydrogen-bond donors (Lipinski definition) is 4. The van der Waals surface area contributed by atoms with Crippen molar-refractivity contribution in [1.29, 1.82) is 0 Å². The number of aromatic amines is 1. The zero-order valence-electron chi connectivity index (χ0n) is 21.4. The van der Waals surface area contributed by atoms with Crippen LogP contribution in [0.5, 0.6) is 5.75 Å². The first-order valence-electron chi connectivity index (χ1n) is 13.1. The number of carbonyl (C=O) groups is 1. The first-order chi connectivity index (χ1) is 17.9. The van der Waals surface area contributed by atoms with E-state index in [0.717, 1.165) is 47.7 Å². The molecular weight excluding hydrogens is 474 g/mol. The number of carbonyl (C=O) groups excluding carboxylic acids is 1. The number of H-pyrrole nitrogens is 1. The van der Waals surface area contributed by atoms with E-state index in [1.165, 1.54) is 5.56 Å². The second-order valence-corrected chi connectivity index (χ2v) is 9.61. The van der Waals surface area contributed by atoms with Gasteiger partial charge in [-0.2, -0.15) is 0 Å². The van der Waals surface area contributed by atoms with Gasteiger partial charge in [-0.3, -0.25) is 4.79 Å². The van der Waals surface area contributed by atoms with E-state index in [9.17, 15) is 20.1 Å². The van der Waals surface area contributed by atoms with Crippen LogP contribution in [0.2, 0.25) is 0 Å². The Bertz CT molecular complexity index is 1160. The number of benzene rings is 2. The van der Waals surface area contributed by atoms with E-state index >= 15 is 0 Å². The Morgan fingerprint density at radius 2 is 1.73 bits per heavy atom. The number of ether oxygens (including phenoxy) is 3. The lowest BCUT2D eigenvalue weighted by molar-refractivity contribution is -0.278. The Hall–Kier alpha value is -2.91. The van der Waals surface area contributed by atoms with Crippen molar-refractivity contribution < 1.29 is 34.3 Å². The van der Waals surface area contributed by atoms with Crippen LogP contribution >= 0.6 is 0 Å². The number of fused-ring (bicyclic) bond motifs is 1. The number of aromatic nitrogens is 1. The fraction of sp³-hybridized carbons (Fsp3) is 0.483. The molecule has 8 heteroatoms. The highest BCUT2D eigenvalue weighted by atomic mass is 16.7. The lowest BCUT2D eigenvalue weighted by Gasteiger charge is -2.40. The third-order valence-corrected chi connectivity index (χ3v) is 6.88. The van der Waals surface area contributed by atoms with Crippen molar-refractivity contribution in [3.8, 4) is 5.75 Å². The van der Waals surface area contributed by atoms with E-state index in [1.807, 2.05) is 25.3 Å². The summed E-state index contributed by atoms with van der Waals surface area (Å²) in [4.78, 5) is 15.3. The van der Waals surface area contributed by atoms with Crippen LogP contribution in [0.15, 0.2) is 48.7 Å². The van der Waals surface area contributed by atoms with E-state index in [0.29, 0.717) is 12.2 Å². The number of nitrogens with one attached hydrogen (secondary N) is 1. The van der Waals surface area contributed by atoms with Gasteiger partial charge in [0, 0.05) is 23.5 Å². The van der Waals surface area contributed by atoms with Crippen molar-refractivity contribution in [3.05, 3.63) is 65.4 Å². The predicted octanol–water partition coefficient (Wildman–Crippen LogP) is 3.63. The molecule has 1 aliphatic rings. The maximum atomic E-state index is 12.0. The second kappa shape index (κ2) is 12.6. The number of hydrogen-bond acceptors (Lipinski definition) is 7. The van der Waals surface area contributed by atoms with Crippen LogP contribution in [0.3, 0.4) is 0 Å². The number of rotatable bonds is 11. The minimum atomic E-state index is -1.52. The van der Waals surface area contributed by atoms with E-state index in [4.69, 9.17) is 14.2 Å². The largest absolute Gasteiger partial charge is 0.463 e. The molecule has 2 heterocycles. The molecule has 4 rings (SSSR count). The molecule has 1 aromatic heterocycles. The van der Waals surface area contributed by atoms with Crippen LogP contribution in [-0.4, -0.2) is 63.6 Å². The lowest BCUT2D eigenvalue weighted by Crippen LogP contribution is -2.60. The highest BCUT2D eigenvalue weighted by molar-refractivity contribution is 5.89. The number of aliphatic hydroxyl groups excluding tert-OH is 3. The van der Waals surface area contributed by atoms with Gasteiger partial charge in [0.05, 0.1) is 0 Å². The van der Waals surface area contributed by atoms with Crippen molar-refractivity contribution in [1.82, 2.24) is 4.98 Å². The molecule has 0 radical (unpaired) electrons. The van der Waals surface area contributed by atoms with Crippen LogP contribution < -0.4 is 4.74 Å². The maximum absolute atomic E-state index is 12.0. The van der Waals surface area contributed by atoms with Gasteiger partial charge in [-0.1, -0.05) is 57.0 Å². The molecule has 1 fully saturated rings. The lowest BCUT2D eigenvalue weighted by atomic mass is 9.99. The molecule has 1 aliphatic heterocycles. The van der Waals surface area contributed by atoms with Gasteiger partial charge in [0.15, 0.2) is 0 Å². The summed E-state index contributed by atoms with van der Waals surface area (Å²) in [7, 11) is 0. The van der Waals surface area contributed by atoms with E-state index in [2.05, 4.69) is 36.2 Å². The average molecular weight is 512 g/mol. The van der Waals surface area contributed by atoms with E-state index in [-0.39, 0.29) is 13.0 Å². The summed E-state index contributed by atoms with van der Waals surface area (Å²) < 4.78 is 17.1. The topological polar surface area (TPSA) is 121 Å². The van der Waals surface area contributed by atoms with Crippen molar-refractivity contribution in [2.24, 2.45) is 0 Å². The fourth-order valence-electron chi connectivity index (χ4n) is 4.61. The SMILES string of the molecule is CCCCCC(=O)OCC1O[C@@H](Oc2cccc3[nH]cc(Cc4ccc(CC)cc4)c23)[C@H](O)[C@@H](O)[C@@H]1O. The summed E-state index contributed by atoms with van der Waals surface area (Å²) >= 11 is 0. The van der Waals surface area contributed by atoms with Gasteiger partial charge in [0.25, 0.3) is 0 Å². The van der Waals surface area contributed by atoms with Gasteiger partial charge in [0.1, 0.15) is 36.8 Å². The van der Waals surface area contributed by atoms with Gasteiger partial charge in [-0.05, 0) is 48.1 Å². The first kappa shape index (κ1) is 27.1. The van der Waals surface area contributed by atoms with Crippen LogP contribution in [0.1, 0.15) is 56.2 Å². The van der Waals surface area contributed by atoms with E-state index in [1.54, 1.807) is 6.07 Å². The normalized spacial score (nSPS) is 23.8. The molecule has 5 atom stereocenters. The van der Waals surface area contributed by atoms with Crippen molar-refractivity contribution in [3.63, 3.8) is 0 Å². The van der Waals surface area contributed by atoms with Crippen LogP contribution in [0, 0.1) is 0 Å². The number of aliphatic hydroxyl groups is 3. The third-order valence-electron chi connectivity index (χ3n) is 6.88. The average Bonchev–Trinajstić information content (AvgIpc) is 3.32. The Morgan fingerprint density at radius 3 is 2.46 bits per heavy atom. The molecule has 0 amide bonds.